The number of amides is 2. The summed E-state index contributed by atoms with van der Waals surface area (Å²) < 4.78 is 6.65. The van der Waals surface area contributed by atoms with Crippen molar-refractivity contribution in [2.75, 3.05) is 18.0 Å². The van der Waals surface area contributed by atoms with E-state index < -0.39 is 0 Å². The Morgan fingerprint density at radius 1 is 0.829 bits per heavy atom. The minimum Gasteiger partial charge on any atom is -0.393 e. The highest BCUT2D eigenvalue weighted by Gasteiger charge is 2.46. The van der Waals surface area contributed by atoms with Crippen LogP contribution in [-0.4, -0.2) is 65.6 Å². The van der Waals surface area contributed by atoms with Crippen LogP contribution in [0.3, 0.4) is 0 Å². The van der Waals surface area contributed by atoms with Gasteiger partial charge in [-0.3, -0.25) is 0 Å². The van der Waals surface area contributed by atoms with Crippen molar-refractivity contribution in [3.8, 4) is 0 Å². The molecular weight excluding hydrogens is 438 g/mol. The molecule has 3 aliphatic heterocycles. The van der Waals surface area contributed by atoms with E-state index in [0.717, 1.165) is 83.7 Å². The van der Waals surface area contributed by atoms with Gasteiger partial charge in [0.25, 0.3) is 0 Å². The predicted octanol–water partition coefficient (Wildman–Crippen LogP) is 4.71. The summed E-state index contributed by atoms with van der Waals surface area (Å²) in [6.45, 7) is 2.11. The van der Waals surface area contributed by atoms with E-state index in [1.807, 2.05) is 0 Å². The van der Waals surface area contributed by atoms with Crippen LogP contribution in [0, 0.1) is 11.8 Å². The van der Waals surface area contributed by atoms with Crippen molar-refractivity contribution in [1.82, 2.24) is 10.2 Å². The predicted molar refractivity (Wildman–Crippen MR) is 137 cm³/mol. The first-order valence-corrected chi connectivity index (χ1v) is 14.4. The molecule has 4 bridgehead atoms. The molecular formula is C29H43N3O3. The van der Waals surface area contributed by atoms with Gasteiger partial charge in [-0.1, -0.05) is 24.6 Å². The van der Waals surface area contributed by atoms with Gasteiger partial charge in [-0.05, 0) is 94.6 Å². The molecule has 3 unspecified atom stereocenters. The van der Waals surface area contributed by atoms with Crippen molar-refractivity contribution < 1.29 is 14.6 Å². The van der Waals surface area contributed by atoms with Crippen molar-refractivity contribution >= 4 is 11.7 Å². The SMILES string of the molecule is O=C(N[C@H]1C2CCC[C@@H](O)CC1CC2)N1[C@@H]2CC[C@H]1CC(OC1CCN(c3ccccc3)CC1)C2. The molecule has 2 saturated carbocycles. The molecule has 3 heterocycles. The fraction of sp³-hybridized carbons (Fsp3) is 0.759. The lowest BCUT2D eigenvalue weighted by Crippen LogP contribution is -2.56. The number of anilines is 1. The number of hydrogen-bond acceptors (Lipinski definition) is 4. The maximum atomic E-state index is 13.5. The first kappa shape index (κ1) is 23.6. The minimum absolute atomic E-state index is 0.157. The van der Waals surface area contributed by atoms with Crippen LogP contribution in [-0.2, 0) is 4.74 Å². The van der Waals surface area contributed by atoms with E-state index in [-0.39, 0.29) is 24.3 Å². The Labute approximate surface area is 210 Å². The molecule has 2 amide bonds. The Kier molecular flexibility index (Phi) is 6.94. The van der Waals surface area contributed by atoms with Crippen LogP contribution in [0.4, 0.5) is 10.5 Å². The molecule has 0 radical (unpaired) electrons. The lowest BCUT2D eigenvalue weighted by atomic mass is 9.85. The van der Waals surface area contributed by atoms with E-state index in [1.54, 1.807) is 0 Å². The molecule has 6 rings (SSSR count). The third-order valence-corrected chi connectivity index (χ3v) is 9.77. The minimum atomic E-state index is -0.193. The van der Waals surface area contributed by atoms with Crippen molar-refractivity contribution in [2.24, 2.45) is 11.8 Å². The van der Waals surface area contributed by atoms with Crippen molar-refractivity contribution in [2.45, 2.75) is 113 Å². The zero-order valence-electron chi connectivity index (χ0n) is 21.1. The van der Waals surface area contributed by atoms with E-state index in [0.29, 0.717) is 30.0 Å². The highest BCUT2D eigenvalue weighted by molar-refractivity contribution is 5.76. The number of urea groups is 1. The van der Waals surface area contributed by atoms with Crippen LogP contribution in [0.5, 0.6) is 0 Å². The van der Waals surface area contributed by atoms with Gasteiger partial charge in [0.1, 0.15) is 0 Å². The Morgan fingerprint density at radius 3 is 2.29 bits per heavy atom. The Balaban J connectivity index is 1.01. The first-order valence-electron chi connectivity index (χ1n) is 14.4. The maximum absolute atomic E-state index is 13.5. The molecule has 1 aromatic carbocycles. The molecule has 1 aromatic rings. The molecule has 3 saturated heterocycles. The van der Waals surface area contributed by atoms with Crippen LogP contribution >= 0.6 is 0 Å². The molecule has 6 nitrogen and oxygen atoms in total. The number of nitrogens with one attached hydrogen (secondary N) is 1. The highest BCUT2D eigenvalue weighted by Crippen LogP contribution is 2.42. The summed E-state index contributed by atoms with van der Waals surface area (Å²) in [4.78, 5) is 18.2. The molecule has 2 aliphatic carbocycles. The van der Waals surface area contributed by atoms with Crippen LogP contribution in [0.25, 0.3) is 0 Å². The normalized spacial score (nSPS) is 37.7. The molecule has 35 heavy (non-hydrogen) atoms. The number of para-hydroxylation sites is 1. The van der Waals surface area contributed by atoms with Gasteiger partial charge < -0.3 is 25.0 Å². The fourth-order valence-electron chi connectivity index (χ4n) is 8.03. The second-order valence-electron chi connectivity index (χ2n) is 11.9. The molecule has 0 spiro atoms. The smallest absolute Gasteiger partial charge is 0.318 e. The summed E-state index contributed by atoms with van der Waals surface area (Å²) in [7, 11) is 0. The van der Waals surface area contributed by atoms with Crippen LogP contribution in [0.1, 0.15) is 77.0 Å². The second-order valence-corrected chi connectivity index (χ2v) is 11.9. The lowest BCUT2D eigenvalue weighted by molar-refractivity contribution is -0.0606. The van der Waals surface area contributed by atoms with E-state index >= 15 is 0 Å². The molecule has 2 N–H and O–H groups in total. The number of carbonyl (C=O) groups excluding carboxylic acids is 1. The number of carbonyl (C=O) groups is 1. The number of ether oxygens (including phenoxy) is 1. The molecule has 192 valence electrons. The number of hydrogen-bond donors (Lipinski definition) is 2. The van der Waals surface area contributed by atoms with Gasteiger partial charge in [-0.15, -0.1) is 0 Å². The number of fused-ring (bicyclic) bond motifs is 4. The topological polar surface area (TPSA) is 65.0 Å². The average Bonchev–Trinajstić information content (AvgIpc) is 3.39. The van der Waals surface area contributed by atoms with Gasteiger partial charge in [0, 0.05) is 36.9 Å². The standard InChI is InChI=1S/C29H43N3O3/c33-25-8-4-5-20-9-10-21(17-25)28(20)30-29(34)32-23-11-12-24(32)19-27(18-23)35-26-13-15-31(16-14-26)22-6-2-1-3-7-22/h1-3,6-7,20-21,23-28,33H,4-5,8-19H2,(H,30,34)/t20?,21?,23-,24+,25-,27?,28+/m1/s1. The number of rotatable bonds is 4. The van der Waals surface area contributed by atoms with Crippen LogP contribution in [0.2, 0.25) is 0 Å². The van der Waals surface area contributed by atoms with Crippen molar-refractivity contribution in [1.29, 1.82) is 0 Å². The fourth-order valence-corrected chi connectivity index (χ4v) is 8.03. The molecule has 5 aliphatic rings. The van der Waals surface area contributed by atoms with Gasteiger partial charge in [-0.2, -0.15) is 0 Å². The average molecular weight is 482 g/mol. The quantitative estimate of drug-likeness (QED) is 0.654. The van der Waals surface area contributed by atoms with Gasteiger partial charge in [-0.25, -0.2) is 4.79 Å². The second kappa shape index (κ2) is 10.3. The molecule has 6 heteroatoms. The van der Waals surface area contributed by atoms with Crippen molar-refractivity contribution in [3.05, 3.63) is 30.3 Å². The van der Waals surface area contributed by atoms with Crippen molar-refractivity contribution in [3.63, 3.8) is 0 Å². The number of aliphatic hydroxyl groups excluding tert-OH is 1. The van der Waals surface area contributed by atoms with Gasteiger partial charge in [0.15, 0.2) is 0 Å². The summed E-state index contributed by atoms with van der Waals surface area (Å²) >= 11 is 0. The number of benzene rings is 1. The lowest BCUT2D eigenvalue weighted by Gasteiger charge is -2.42. The van der Waals surface area contributed by atoms with Gasteiger partial charge in [0.2, 0.25) is 0 Å². The summed E-state index contributed by atoms with van der Waals surface area (Å²) in [5, 5.41) is 13.8. The Bertz CT molecular complexity index is 844. The highest BCUT2D eigenvalue weighted by atomic mass is 16.5. The van der Waals surface area contributed by atoms with E-state index in [9.17, 15) is 9.90 Å². The number of nitrogens with zero attached hydrogens (tertiary/aromatic N) is 2. The van der Waals surface area contributed by atoms with E-state index in [1.165, 1.54) is 12.1 Å². The zero-order valence-corrected chi connectivity index (χ0v) is 21.1. The Hall–Kier alpha value is -1.79. The van der Waals surface area contributed by atoms with E-state index in [2.05, 4.69) is 45.4 Å². The largest absolute Gasteiger partial charge is 0.393 e. The monoisotopic (exact) mass is 481 g/mol. The first-order chi connectivity index (χ1) is 17.1. The molecule has 5 fully saturated rings. The summed E-state index contributed by atoms with van der Waals surface area (Å²) in [6, 6.07) is 11.7. The summed E-state index contributed by atoms with van der Waals surface area (Å²) in [6.07, 6.45) is 13.2. The van der Waals surface area contributed by atoms with Gasteiger partial charge in [0.05, 0.1) is 18.3 Å². The summed E-state index contributed by atoms with van der Waals surface area (Å²) in [5.41, 5.74) is 1.32. The molecule has 7 atom stereocenters. The van der Waals surface area contributed by atoms with E-state index in [4.69, 9.17) is 4.74 Å². The van der Waals surface area contributed by atoms with Gasteiger partial charge >= 0.3 is 6.03 Å². The molecule has 0 aromatic heterocycles. The maximum Gasteiger partial charge on any atom is 0.318 e. The third kappa shape index (κ3) is 5.06. The third-order valence-electron chi connectivity index (χ3n) is 9.77. The number of piperidine rings is 2. The number of aliphatic hydroxyl groups is 1. The zero-order chi connectivity index (χ0) is 23.8. The van der Waals surface area contributed by atoms with Crippen LogP contribution in [0.15, 0.2) is 30.3 Å². The van der Waals surface area contributed by atoms with Crippen LogP contribution < -0.4 is 10.2 Å². The summed E-state index contributed by atoms with van der Waals surface area (Å²) in [5.74, 6) is 1.04. The Morgan fingerprint density at radius 2 is 1.54 bits per heavy atom.